The number of hydrogen-bond donors (Lipinski definition) is 0. The number of thiazole rings is 1. The van der Waals surface area contributed by atoms with Crippen LogP contribution in [0.4, 0.5) is 5.13 Å². The fourth-order valence-electron chi connectivity index (χ4n) is 1.06. The van der Waals surface area contributed by atoms with E-state index in [1.807, 2.05) is 25.8 Å². The molecule has 4 nitrogen and oxygen atoms in total. The minimum absolute atomic E-state index is 0.221. The van der Waals surface area contributed by atoms with E-state index in [1.165, 1.54) is 11.3 Å². The Bertz CT molecular complexity index is 355. The quantitative estimate of drug-likeness (QED) is 0.739. The van der Waals surface area contributed by atoms with Gasteiger partial charge in [0.15, 0.2) is 16.6 Å². The number of rotatable bonds is 6. The molecule has 0 N–H and O–H groups in total. The van der Waals surface area contributed by atoms with Crippen LogP contribution in [0.3, 0.4) is 0 Å². The standard InChI is InChI=1S/C10H15ClN2O2S/c1-7(2)15-5-4-13(3)10-12-9(11)8(6-14)16-10/h6-7H,4-5H2,1-3H3. The van der Waals surface area contributed by atoms with Crippen molar-refractivity contribution in [3.63, 3.8) is 0 Å². The number of ether oxygens (including phenoxy) is 1. The molecule has 6 heteroatoms. The summed E-state index contributed by atoms with van der Waals surface area (Å²) in [5.41, 5.74) is 0. The van der Waals surface area contributed by atoms with E-state index in [1.54, 1.807) is 0 Å². The van der Waals surface area contributed by atoms with E-state index in [9.17, 15) is 4.79 Å². The van der Waals surface area contributed by atoms with Crippen LogP contribution < -0.4 is 4.90 Å². The number of aromatic nitrogens is 1. The summed E-state index contributed by atoms with van der Waals surface area (Å²) in [5, 5.41) is 1.01. The van der Waals surface area contributed by atoms with Crippen molar-refractivity contribution in [1.82, 2.24) is 4.98 Å². The lowest BCUT2D eigenvalue weighted by atomic mass is 10.5. The molecule has 0 aliphatic heterocycles. The number of aldehydes is 1. The smallest absolute Gasteiger partial charge is 0.187 e. The van der Waals surface area contributed by atoms with Crippen molar-refractivity contribution in [2.45, 2.75) is 20.0 Å². The number of anilines is 1. The Balaban J connectivity index is 2.52. The van der Waals surface area contributed by atoms with Gasteiger partial charge in [-0.2, -0.15) is 0 Å². The van der Waals surface area contributed by atoms with Gasteiger partial charge in [0.05, 0.1) is 12.7 Å². The summed E-state index contributed by atoms with van der Waals surface area (Å²) < 4.78 is 5.43. The van der Waals surface area contributed by atoms with Crippen molar-refractivity contribution in [1.29, 1.82) is 0 Å². The summed E-state index contributed by atoms with van der Waals surface area (Å²) in [4.78, 5) is 17.1. The van der Waals surface area contributed by atoms with Crippen LogP contribution in [0.5, 0.6) is 0 Å². The lowest BCUT2D eigenvalue weighted by Gasteiger charge is -2.16. The van der Waals surface area contributed by atoms with Gasteiger partial charge in [-0.25, -0.2) is 4.98 Å². The Morgan fingerprint density at radius 1 is 1.62 bits per heavy atom. The first-order valence-electron chi connectivity index (χ1n) is 4.98. The molecule has 0 fully saturated rings. The molecule has 0 unspecified atom stereocenters. The van der Waals surface area contributed by atoms with E-state index in [2.05, 4.69) is 4.98 Å². The Morgan fingerprint density at radius 3 is 2.81 bits per heavy atom. The van der Waals surface area contributed by atoms with E-state index in [0.717, 1.165) is 18.0 Å². The molecule has 90 valence electrons. The highest BCUT2D eigenvalue weighted by atomic mass is 35.5. The number of halogens is 1. The zero-order valence-electron chi connectivity index (χ0n) is 9.57. The van der Waals surface area contributed by atoms with Crippen LogP contribution in [0.2, 0.25) is 5.15 Å². The highest BCUT2D eigenvalue weighted by molar-refractivity contribution is 7.17. The normalized spacial score (nSPS) is 10.8. The average molecular weight is 263 g/mol. The predicted molar refractivity (Wildman–Crippen MR) is 66.9 cm³/mol. The molecule has 0 aromatic carbocycles. The van der Waals surface area contributed by atoms with Gasteiger partial charge in [0, 0.05) is 13.6 Å². The van der Waals surface area contributed by atoms with Gasteiger partial charge in [-0.3, -0.25) is 4.79 Å². The van der Waals surface area contributed by atoms with Crippen LogP contribution in [0.1, 0.15) is 23.5 Å². The molecule has 1 rings (SSSR count). The molecule has 0 aliphatic rings. The molecule has 0 saturated carbocycles. The van der Waals surface area contributed by atoms with Crippen molar-refractivity contribution in [3.05, 3.63) is 10.0 Å². The first-order chi connectivity index (χ1) is 7.54. The fraction of sp³-hybridized carbons (Fsp3) is 0.600. The number of likely N-dealkylation sites (N-methyl/N-ethyl adjacent to an activating group) is 1. The Morgan fingerprint density at radius 2 is 2.31 bits per heavy atom. The molecule has 0 spiro atoms. The lowest BCUT2D eigenvalue weighted by molar-refractivity contribution is 0.0846. The third-order valence-corrected chi connectivity index (χ3v) is 3.41. The molecule has 1 heterocycles. The zero-order chi connectivity index (χ0) is 12.1. The van der Waals surface area contributed by atoms with Crippen LogP contribution in [-0.2, 0) is 4.74 Å². The fourth-order valence-corrected chi connectivity index (χ4v) is 2.11. The third kappa shape index (κ3) is 3.73. The molecular weight excluding hydrogens is 248 g/mol. The second-order valence-electron chi connectivity index (χ2n) is 3.61. The first kappa shape index (κ1) is 13.4. The maximum Gasteiger partial charge on any atom is 0.187 e. The van der Waals surface area contributed by atoms with Crippen molar-refractivity contribution in [2.24, 2.45) is 0 Å². The van der Waals surface area contributed by atoms with Crippen molar-refractivity contribution in [2.75, 3.05) is 25.1 Å². The monoisotopic (exact) mass is 262 g/mol. The molecule has 0 aliphatic carbocycles. The molecule has 0 bridgehead atoms. The van der Waals surface area contributed by atoms with Gasteiger partial charge in [-0.05, 0) is 13.8 Å². The van der Waals surface area contributed by atoms with E-state index in [0.29, 0.717) is 11.5 Å². The molecule has 0 saturated heterocycles. The van der Waals surface area contributed by atoms with Gasteiger partial charge in [0.1, 0.15) is 4.88 Å². The number of carbonyl (C=O) groups excluding carboxylic acids is 1. The first-order valence-corrected chi connectivity index (χ1v) is 6.18. The van der Waals surface area contributed by atoms with Gasteiger partial charge in [-0.1, -0.05) is 22.9 Å². The van der Waals surface area contributed by atoms with E-state index >= 15 is 0 Å². The molecular formula is C10H15ClN2O2S. The molecule has 0 amide bonds. The topological polar surface area (TPSA) is 42.4 Å². The minimum Gasteiger partial charge on any atom is -0.377 e. The van der Waals surface area contributed by atoms with E-state index in [4.69, 9.17) is 16.3 Å². The second kappa shape index (κ2) is 6.18. The van der Waals surface area contributed by atoms with E-state index < -0.39 is 0 Å². The highest BCUT2D eigenvalue weighted by Gasteiger charge is 2.11. The summed E-state index contributed by atoms with van der Waals surface area (Å²) in [6.07, 6.45) is 0.945. The van der Waals surface area contributed by atoms with Gasteiger partial charge >= 0.3 is 0 Å². The largest absolute Gasteiger partial charge is 0.377 e. The maximum absolute atomic E-state index is 10.6. The maximum atomic E-state index is 10.6. The van der Waals surface area contributed by atoms with Gasteiger partial charge in [0.2, 0.25) is 0 Å². The third-order valence-electron chi connectivity index (χ3n) is 1.91. The van der Waals surface area contributed by atoms with Crippen LogP contribution >= 0.6 is 22.9 Å². The Hall–Kier alpha value is -0.650. The molecule has 0 atom stereocenters. The number of carbonyl (C=O) groups is 1. The summed E-state index contributed by atoms with van der Waals surface area (Å²) in [5.74, 6) is 0. The predicted octanol–water partition coefficient (Wildman–Crippen LogP) is 2.47. The highest BCUT2D eigenvalue weighted by Crippen LogP contribution is 2.27. The van der Waals surface area contributed by atoms with Crippen molar-refractivity contribution < 1.29 is 9.53 Å². The van der Waals surface area contributed by atoms with Crippen LogP contribution in [0, 0.1) is 0 Å². The van der Waals surface area contributed by atoms with Crippen LogP contribution in [0.25, 0.3) is 0 Å². The second-order valence-corrected chi connectivity index (χ2v) is 4.98. The summed E-state index contributed by atoms with van der Waals surface area (Å²) in [6.45, 7) is 5.33. The molecule has 16 heavy (non-hydrogen) atoms. The van der Waals surface area contributed by atoms with Crippen LogP contribution in [0.15, 0.2) is 0 Å². The summed E-state index contributed by atoms with van der Waals surface area (Å²) in [7, 11) is 1.90. The SMILES string of the molecule is CC(C)OCCN(C)c1nc(Cl)c(C=O)s1. The van der Waals surface area contributed by atoms with Crippen molar-refractivity contribution >= 4 is 34.4 Å². The van der Waals surface area contributed by atoms with Gasteiger partial charge < -0.3 is 9.64 Å². The van der Waals surface area contributed by atoms with Crippen molar-refractivity contribution in [3.8, 4) is 0 Å². The Kier molecular flexibility index (Phi) is 5.18. The van der Waals surface area contributed by atoms with E-state index in [-0.39, 0.29) is 11.3 Å². The lowest BCUT2D eigenvalue weighted by Crippen LogP contribution is -2.23. The minimum atomic E-state index is 0.221. The molecule has 0 radical (unpaired) electrons. The number of hydrogen-bond acceptors (Lipinski definition) is 5. The molecule has 1 aromatic rings. The average Bonchev–Trinajstić information content (AvgIpc) is 2.59. The molecule has 1 aromatic heterocycles. The van der Waals surface area contributed by atoms with Crippen LogP contribution in [-0.4, -0.2) is 37.6 Å². The summed E-state index contributed by atoms with van der Waals surface area (Å²) >= 11 is 7.07. The summed E-state index contributed by atoms with van der Waals surface area (Å²) in [6, 6.07) is 0. The zero-order valence-corrected chi connectivity index (χ0v) is 11.1. The number of nitrogens with zero attached hydrogens (tertiary/aromatic N) is 2. The van der Waals surface area contributed by atoms with Gasteiger partial charge in [0.25, 0.3) is 0 Å². The van der Waals surface area contributed by atoms with Gasteiger partial charge in [-0.15, -0.1) is 0 Å². The Labute approximate surface area is 104 Å².